The van der Waals surface area contributed by atoms with Crippen LogP contribution in [0, 0.1) is 0 Å². The predicted molar refractivity (Wildman–Crippen MR) is 45.4 cm³/mol. The maximum absolute atomic E-state index is 11.7. The van der Waals surface area contributed by atoms with E-state index < -0.39 is 18.6 Å². The zero-order chi connectivity index (χ0) is 11.5. The van der Waals surface area contributed by atoms with E-state index in [1.54, 1.807) is 5.32 Å². The second-order valence-corrected chi connectivity index (χ2v) is 2.91. The van der Waals surface area contributed by atoms with Crippen molar-refractivity contribution in [3.63, 3.8) is 0 Å². The quantitative estimate of drug-likeness (QED) is 0.849. The van der Waals surface area contributed by atoms with Crippen LogP contribution in [0.3, 0.4) is 0 Å². The molecule has 4 nitrogen and oxygen atoms in total. The molecule has 82 valence electrons. The Labute approximate surface area is 87.5 Å². The van der Waals surface area contributed by atoms with E-state index in [4.69, 9.17) is 11.6 Å². The zero-order valence-corrected chi connectivity index (χ0v) is 7.93. The van der Waals surface area contributed by atoms with Crippen molar-refractivity contribution in [1.82, 2.24) is 15.3 Å². The number of hydrogen-bond acceptors (Lipinski definition) is 3. The fourth-order valence-electron chi connectivity index (χ4n) is 0.701. The lowest BCUT2D eigenvalue weighted by Crippen LogP contribution is -2.34. The summed E-state index contributed by atoms with van der Waals surface area (Å²) in [7, 11) is 0. The lowest BCUT2D eigenvalue weighted by molar-refractivity contribution is -0.123. The summed E-state index contributed by atoms with van der Waals surface area (Å²) < 4.78 is 35.2. The van der Waals surface area contributed by atoms with Crippen LogP contribution in [0.2, 0.25) is 5.15 Å². The van der Waals surface area contributed by atoms with Gasteiger partial charge in [-0.2, -0.15) is 13.2 Å². The molecule has 15 heavy (non-hydrogen) atoms. The molecule has 1 heterocycles. The molecule has 8 heteroatoms. The lowest BCUT2D eigenvalue weighted by atomic mass is 10.4. The summed E-state index contributed by atoms with van der Waals surface area (Å²) in [6.07, 6.45) is -2.38. The van der Waals surface area contributed by atoms with Crippen LogP contribution in [0.5, 0.6) is 0 Å². The third kappa shape index (κ3) is 4.11. The first kappa shape index (κ1) is 11.7. The van der Waals surface area contributed by atoms with Crippen LogP contribution >= 0.6 is 11.6 Å². The van der Waals surface area contributed by atoms with Gasteiger partial charge in [0, 0.05) is 0 Å². The molecule has 0 radical (unpaired) electrons. The second-order valence-electron chi connectivity index (χ2n) is 2.52. The number of halogens is 4. The third-order valence-corrected chi connectivity index (χ3v) is 1.50. The van der Waals surface area contributed by atoms with Gasteiger partial charge in [-0.3, -0.25) is 4.79 Å². The van der Waals surface area contributed by atoms with Gasteiger partial charge in [-0.05, 0) is 0 Å². The number of amides is 1. The Morgan fingerprint density at radius 2 is 2.07 bits per heavy atom. The first-order valence-corrected chi connectivity index (χ1v) is 4.09. The standard InChI is InChI=1S/C7H5ClF3N3O/c8-5-2-12-4(1-13-5)6(15)14-3-7(9,10)11/h1-2H,3H2,(H,14,15). The number of nitrogens with zero attached hydrogens (tertiary/aromatic N) is 2. The van der Waals surface area contributed by atoms with Crippen LogP contribution in [0.15, 0.2) is 12.4 Å². The number of rotatable bonds is 2. The average Bonchev–Trinajstić information content (AvgIpc) is 2.14. The summed E-state index contributed by atoms with van der Waals surface area (Å²) >= 11 is 5.38. The summed E-state index contributed by atoms with van der Waals surface area (Å²) in [5.41, 5.74) is -0.219. The molecule has 1 N–H and O–H groups in total. The highest BCUT2D eigenvalue weighted by Crippen LogP contribution is 2.12. The number of hydrogen-bond donors (Lipinski definition) is 1. The van der Waals surface area contributed by atoms with Crippen molar-refractivity contribution in [2.45, 2.75) is 6.18 Å². The molecule has 1 aromatic heterocycles. The maximum Gasteiger partial charge on any atom is 0.405 e. The lowest BCUT2D eigenvalue weighted by Gasteiger charge is -2.07. The summed E-state index contributed by atoms with van der Waals surface area (Å²) in [6.45, 7) is -1.41. The molecule has 0 saturated carbocycles. The van der Waals surface area contributed by atoms with Gasteiger partial charge in [-0.15, -0.1) is 0 Å². The summed E-state index contributed by atoms with van der Waals surface area (Å²) in [5.74, 6) is -0.948. The minimum absolute atomic E-state index is 0.0578. The van der Waals surface area contributed by atoms with Gasteiger partial charge in [0.25, 0.3) is 5.91 Å². The Kier molecular flexibility index (Phi) is 3.46. The van der Waals surface area contributed by atoms with Gasteiger partial charge >= 0.3 is 6.18 Å². The molecule has 0 aliphatic heterocycles. The summed E-state index contributed by atoms with van der Waals surface area (Å²) in [6, 6.07) is 0. The smallest absolute Gasteiger partial charge is 0.342 e. The van der Waals surface area contributed by atoms with Crippen LogP contribution in [0.4, 0.5) is 13.2 Å². The highest BCUT2D eigenvalue weighted by molar-refractivity contribution is 6.29. The number of alkyl halides is 3. The van der Waals surface area contributed by atoms with Crippen LogP contribution in [0.25, 0.3) is 0 Å². The van der Waals surface area contributed by atoms with E-state index in [2.05, 4.69) is 9.97 Å². The predicted octanol–water partition coefficient (Wildman–Crippen LogP) is 1.42. The fourth-order valence-corrected chi connectivity index (χ4v) is 0.798. The van der Waals surface area contributed by atoms with Crippen LogP contribution in [-0.4, -0.2) is 28.6 Å². The SMILES string of the molecule is O=C(NCC(F)(F)F)c1cnc(Cl)cn1. The first-order valence-electron chi connectivity index (χ1n) is 3.71. The Morgan fingerprint density at radius 3 is 2.53 bits per heavy atom. The largest absolute Gasteiger partial charge is 0.405 e. The summed E-state index contributed by atoms with van der Waals surface area (Å²) in [4.78, 5) is 18.1. The number of carbonyl (C=O) groups excluding carboxylic acids is 1. The van der Waals surface area contributed by atoms with Crippen LogP contribution in [-0.2, 0) is 0 Å². The molecule has 0 bridgehead atoms. The Bertz CT molecular complexity index is 351. The van der Waals surface area contributed by atoms with E-state index in [9.17, 15) is 18.0 Å². The van der Waals surface area contributed by atoms with E-state index in [0.29, 0.717) is 0 Å². The van der Waals surface area contributed by atoms with Gasteiger partial charge in [0.15, 0.2) is 0 Å². The van der Waals surface area contributed by atoms with Crippen molar-refractivity contribution < 1.29 is 18.0 Å². The number of nitrogens with one attached hydrogen (secondary N) is 1. The third-order valence-electron chi connectivity index (χ3n) is 1.30. The van der Waals surface area contributed by atoms with Gasteiger partial charge in [-0.1, -0.05) is 11.6 Å². The molecule has 0 aliphatic carbocycles. The van der Waals surface area contributed by atoms with Crippen molar-refractivity contribution in [3.05, 3.63) is 23.2 Å². The van der Waals surface area contributed by atoms with Gasteiger partial charge in [-0.25, -0.2) is 9.97 Å². The first-order chi connectivity index (χ1) is 6.88. The van der Waals surface area contributed by atoms with Gasteiger partial charge < -0.3 is 5.32 Å². The molecule has 0 aromatic carbocycles. The minimum Gasteiger partial charge on any atom is -0.342 e. The second kappa shape index (κ2) is 4.43. The van der Waals surface area contributed by atoms with Crippen molar-refractivity contribution in [2.75, 3.05) is 6.54 Å². The Balaban J connectivity index is 2.58. The Hall–Kier alpha value is -1.37. The molecule has 0 saturated heterocycles. The van der Waals surface area contributed by atoms with Crippen molar-refractivity contribution in [2.24, 2.45) is 0 Å². The van der Waals surface area contributed by atoms with Gasteiger partial charge in [0.05, 0.1) is 12.4 Å². The van der Waals surface area contributed by atoms with Crippen molar-refractivity contribution in [3.8, 4) is 0 Å². The zero-order valence-electron chi connectivity index (χ0n) is 7.18. The van der Waals surface area contributed by atoms with Crippen LogP contribution in [0.1, 0.15) is 10.5 Å². The molecule has 0 spiro atoms. The minimum atomic E-state index is -4.45. The molecular weight excluding hydrogens is 235 g/mol. The number of carbonyl (C=O) groups is 1. The van der Waals surface area contributed by atoms with E-state index in [-0.39, 0.29) is 10.8 Å². The van der Waals surface area contributed by atoms with E-state index >= 15 is 0 Å². The highest BCUT2D eigenvalue weighted by Gasteiger charge is 2.28. The van der Waals surface area contributed by atoms with Crippen molar-refractivity contribution >= 4 is 17.5 Å². The molecule has 1 rings (SSSR count). The van der Waals surface area contributed by atoms with Crippen LogP contribution < -0.4 is 5.32 Å². The fraction of sp³-hybridized carbons (Fsp3) is 0.286. The maximum atomic E-state index is 11.7. The molecule has 1 amide bonds. The van der Waals surface area contributed by atoms with E-state index in [0.717, 1.165) is 12.4 Å². The van der Waals surface area contributed by atoms with Gasteiger partial charge in [0.1, 0.15) is 17.4 Å². The normalized spacial score (nSPS) is 11.2. The molecular formula is C7H5ClF3N3O. The molecule has 0 aliphatic rings. The van der Waals surface area contributed by atoms with E-state index in [1.807, 2.05) is 0 Å². The molecule has 0 unspecified atom stereocenters. The van der Waals surface area contributed by atoms with Gasteiger partial charge in [0.2, 0.25) is 0 Å². The molecule has 0 atom stereocenters. The Morgan fingerprint density at radius 1 is 1.40 bits per heavy atom. The van der Waals surface area contributed by atoms with Crippen molar-refractivity contribution in [1.29, 1.82) is 0 Å². The van der Waals surface area contributed by atoms with E-state index in [1.165, 1.54) is 0 Å². The topological polar surface area (TPSA) is 54.9 Å². The monoisotopic (exact) mass is 239 g/mol. The molecule has 1 aromatic rings. The number of aromatic nitrogens is 2. The molecule has 0 fully saturated rings. The summed E-state index contributed by atoms with van der Waals surface area (Å²) in [5, 5.41) is 1.71. The highest BCUT2D eigenvalue weighted by atomic mass is 35.5. The average molecular weight is 240 g/mol.